The van der Waals surface area contributed by atoms with Gasteiger partial charge in [0.05, 0.1) is 11.2 Å². The molecule has 1 aromatic heterocycles. The van der Waals surface area contributed by atoms with Crippen molar-refractivity contribution < 1.29 is 4.79 Å². The number of hydrogen-bond acceptors (Lipinski definition) is 3. The van der Waals surface area contributed by atoms with Crippen LogP contribution < -0.4 is 4.90 Å². The molecule has 1 unspecified atom stereocenters. The summed E-state index contributed by atoms with van der Waals surface area (Å²) in [6.45, 7) is 4.01. The standard InChI is InChI=1S/C14H14N2OS/c1-9-7-11-5-3-4-6-12(11)16(9)14(17)13-8-15-10(2)18-13/h3-6,8-9H,7H2,1-2H3. The van der Waals surface area contributed by atoms with Crippen molar-refractivity contribution in [2.24, 2.45) is 0 Å². The number of rotatable bonds is 1. The minimum Gasteiger partial charge on any atom is -0.304 e. The molecule has 0 saturated carbocycles. The van der Waals surface area contributed by atoms with Gasteiger partial charge in [0.1, 0.15) is 4.88 Å². The molecule has 3 rings (SSSR count). The predicted octanol–water partition coefficient (Wildman–Crippen LogP) is 3.04. The van der Waals surface area contributed by atoms with Gasteiger partial charge in [-0.15, -0.1) is 11.3 Å². The van der Waals surface area contributed by atoms with Crippen molar-refractivity contribution >= 4 is 22.9 Å². The third-order valence-corrected chi connectivity index (χ3v) is 4.16. The van der Waals surface area contributed by atoms with Crippen LogP contribution in [0.5, 0.6) is 0 Å². The summed E-state index contributed by atoms with van der Waals surface area (Å²) in [7, 11) is 0. The molecular weight excluding hydrogens is 244 g/mol. The second-order valence-electron chi connectivity index (χ2n) is 4.60. The highest BCUT2D eigenvalue weighted by atomic mass is 32.1. The SMILES string of the molecule is Cc1ncc(C(=O)N2c3ccccc3CC2C)s1. The van der Waals surface area contributed by atoms with E-state index in [0.29, 0.717) is 0 Å². The molecular formula is C14H14N2OS. The largest absolute Gasteiger partial charge is 0.304 e. The molecule has 1 aliphatic rings. The van der Waals surface area contributed by atoms with Gasteiger partial charge in [-0.2, -0.15) is 0 Å². The van der Waals surface area contributed by atoms with Gasteiger partial charge in [0.15, 0.2) is 0 Å². The normalized spacial score (nSPS) is 17.9. The third-order valence-electron chi connectivity index (χ3n) is 3.26. The minimum atomic E-state index is 0.0676. The third kappa shape index (κ3) is 1.73. The first-order valence-corrected chi connectivity index (χ1v) is 6.82. The first kappa shape index (κ1) is 11.4. The van der Waals surface area contributed by atoms with E-state index in [4.69, 9.17) is 0 Å². The fourth-order valence-corrected chi connectivity index (χ4v) is 3.17. The number of amides is 1. The van der Waals surface area contributed by atoms with E-state index < -0.39 is 0 Å². The Morgan fingerprint density at radius 2 is 2.22 bits per heavy atom. The van der Waals surface area contributed by atoms with Crippen LogP contribution in [0.4, 0.5) is 5.69 Å². The van der Waals surface area contributed by atoms with E-state index in [1.165, 1.54) is 16.9 Å². The molecule has 2 heterocycles. The van der Waals surface area contributed by atoms with E-state index in [0.717, 1.165) is 22.0 Å². The average Bonchev–Trinajstić information content (AvgIpc) is 2.91. The molecule has 0 spiro atoms. The molecule has 0 saturated heterocycles. The summed E-state index contributed by atoms with van der Waals surface area (Å²) in [5.74, 6) is 0.0676. The van der Waals surface area contributed by atoms with E-state index in [-0.39, 0.29) is 11.9 Å². The van der Waals surface area contributed by atoms with Crippen LogP contribution in [0, 0.1) is 6.92 Å². The van der Waals surface area contributed by atoms with Gasteiger partial charge in [-0.3, -0.25) is 4.79 Å². The number of carbonyl (C=O) groups is 1. The number of aryl methyl sites for hydroxylation is 1. The maximum Gasteiger partial charge on any atom is 0.270 e. The zero-order valence-corrected chi connectivity index (χ0v) is 11.2. The Morgan fingerprint density at radius 1 is 1.44 bits per heavy atom. The van der Waals surface area contributed by atoms with Crippen molar-refractivity contribution in [3.63, 3.8) is 0 Å². The summed E-state index contributed by atoms with van der Waals surface area (Å²) in [4.78, 5) is 19.3. The monoisotopic (exact) mass is 258 g/mol. The van der Waals surface area contributed by atoms with Gasteiger partial charge in [0.25, 0.3) is 5.91 Å². The number of hydrogen-bond donors (Lipinski definition) is 0. The maximum absolute atomic E-state index is 12.5. The number of fused-ring (bicyclic) bond motifs is 1. The Morgan fingerprint density at radius 3 is 2.94 bits per heavy atom. The van der Waals surface area contributed by atoms with Crippen LogP contribution in [0.3, 0.4) is 0 Å². The van der Waals surface area contributed by atoms with Crippen LogP contribution in [-0.2, 0) is 6.42 Å². The number of para-hydroxylation sites is 1. The molecule has 18 heavy (non-hydrogen) atoms. The van der Waals surface area contributed by atoms with Gasteiger partial charge in [-0.1, -0.05) is 18.2 Å². The van der Waals surface area contributed by atoms with Crippen LogP contribution in [-0.4, -0.2) is 16.9 Å². The summed E-state index contributed by atoms with van der Waals surface area (Å²) in [6.07, 6.45) is 2.61. The quantitative estimate of drug-likeness (QED) is 0.787. The molecule has 3 nitrogen and oxygen atoms in total. The molecule has 1 atom stereocenters. The summed E-state index contributed by atoms with van der Waals surface area (Å²) in [6, 6.07) is 8.34. The van der Waals surface area contributed by atoms with E-state index >= 15 is 0 Å². The van der Waals surface area contributed by atoms with Crippen LogP contribution >= 0.6 is 11.3 Å². The van der Waals surface area contributed by atoms with Crippen molar-refractivity contribution in [1.82, 2.24) is 4.98 Å². The zero-order valence-electron chi connectivity index (χ0n) is 10.4. The lowest BCUT2D eigenvalue weighted by atomic mass is 10.1. The van der Waals surface area contributed by atoms with Crippen LogP contribution in [0.25, 0.3) is 0 Å². The Labute approximate surface area is 110 Å². The van der Waals surface area contributed by atoms with Crippen LogP contribution in [0.2, 0.25) is 0 Å². The lowest BCUT2D eigenvalue weighted by Gasteiger charge is -2.21. The van der Waals surface area contributed by atoms with Gasteiger partial charge in [-0.25, -0.2) is 4.98 Å². The molecule has 2 aromatic rings. The summed E-state index contributed by atoms with van der Waals surface area (Å²) >= 11 is 1.46. The van der Waals surface area contributed by atoms with Gasteiger partial charge in [-0.05, 0) is 31.9 Å². The molecule has 1 amide bonds. The summed E-state index contributed by atoms with van der Waals surface area (Å²) in [5, 5.41) is 0.929. The number of carbonyl (C=O) groups excluding carboxylic acids is 1. The first-order valence-electron chi connectivity index (χ1n) is 6.00. The number of nitrogens with zero attached hydrogens (tertiary/aromatic N) is 2. The van der Waals surface area contributed by atoms with E-state index in [1.54, 1.807) is 6.20 Å². The summed E-state index contributed by atoms with van der Waals surface area (Å²) in [5.41, 5.74) is 2.29. The smallest absolute Gasteiger partial charge is 0.270 e. The first-order chi connectivity index (χ1) is 8.66. The molecule has 0 radical (unpaired) electrons. The topological polar surface area (TPSA) is 33.2 Å². The molecule has 0 aliphatic carbocycles. The van der Waals surface area contributed by atoms with E-state index in [1.807, 2.05) is 30.0 Å². The molecule has 1 aliphatic heterocycles. The lowest BCUT2D eigenvalue weighted by Crippen LogP contribution is -2.35. The van der Waals surface area contributed by atoms with Gasteiger partial charge in [0.2, 0.25) is 0 Å². The predicted molar refractivity (Wildman–Crippen MR) is 73.3 cm³/mol. The van der Waals surface area contributed by atoms with Crippen molar-refractivity contribution in [2.45, 2.75) is 26.3 Å². The maximum atomic E-state index is 12.5. The molecule has 4 heteroatoms. The van der Waals surface area contributed by atoms with Crippen molar-refractivity contribution in [3.8, 4) is 0 Å². The highest BCUT2D eigenvalue weighted by molar-refractivity contribution is 7.13. The van der Waals surface area contributed by atoms with Gasteiger partial charge >= 0.3 is 0 Å². The molecule has 0 N–H and O–H groups in total. The van der Waals surface area contributed by atoms with Crippen LogP contribution in [0.15, 0.2) is 30.5 Å². The molecule has 0 bridgehead atoms. The average molecular weight is 258 g/mol. The lowest BCUT2D eigenvalue weighted by molar-refractivity contribution is 0.0985. The Kier molecular flexibility index (Phi) is 2.67. The molecule has 1 aromatic carbocycles. The highest BCUT2D eigenvalue weighted by Gasteiger charge is 2.31. The van der Waals surface area contributed by atoms with Crippen LogP contribution in [0.1, 0.15) is 27.2 Å². The van der Waals surface area contributed by atoms with Crippen molar-refractivity contribution in [1.29, 1.82) is 0 Å². The fraction of sp³-hybridized carbons (Fsp3) is 0.286. The molecule has 92 valence electrons. The highest BCUT2D eigenvalue weighted by Crippen LogP contribution is 2.33. The fourth-order valence-electron chi connectivity index (χ4n) is 2.45. The van der Waals surface area contributed by atoms with E-state index in [2.05, 4.69) is 18.0 Å². The second kappa shape index (κ2) is 4.21. The zero-order chi connectivity index (χ0) is 12.7. The van der Waals surface area contributed by atoms with Crippen molar-refractivity contribution in [3.05, 3.63) is 45.9 Å². The Hall–Kier alpha value is -1.68. The minimum absolute atomic E-state index is 0.0676. The number of anilines is 1. The molecule has 0 fully saturated rings. The second-order valence-corrected chi connectivity index (χ2v) is 5.84. The summed E-state index contributed by atoms with van der Waals surface area (Å²) < 4.78 is 0. The van der Waals surface area contributed by atoms with Gasteiger partial charge in [0, 0.05) is 11.7 Å². The van der Waals surface area contributed by atoms with Gasteiger partial charge < -0.3 is 4.90 Å². The Balaban J connectivity index is 2.00. The van der Waals surface area contributed by atoms with E-state index in [9.17, 15) is 4.79 Å². The Bertz CT molecular complexity index is 605. The van der Waals surface area contributed by atoms with Crippen molar-refractivity contribution in [2.75, 3.05) is 4.90 Å². The number of benzene rings is 1. The number of aromatic nitrogens is 1. The number of thiazole rings is 1.